The maximum Gasteiger partial charge on any atom is 0.223 e. The lowest BCUT2D eigenvalue weighted by Gasteiger charge is -2.30. The Bertz CT molecular complexity index is 1060. The molecule has 0 atom stereocenters. The first-order valence-electron chi connectivity index (χ1n) is 12.2. The van der Waals surface area contributed by atoms with Gasteiger partial charge in [-0.25, -0.2) is 17.1 Å². The van der Waals surface area contributed by atoms with Crippen LogP contribution in [0.5, 0.6) is 0 Å². The van der Waals surface area contributed by atoms with E-state index in [0.29, 0.717) is 19.4 Å². The Morgan fingerprint density at radius 2 is 1.56 bits per heavy atom. The number of amides is 1. The first kappa shape index (κ1) is 24.8. The van der Waals surface area contributed by atoms with Crippen LogP contribution < -0.4 is 5.32 Å². The monoisotopic (exact) mass is 487 g/mol. The number of nitrogens with one attached hydrogen (secondary N) is 1. The molecular formula is C26H34FN3O3S. The minimum absolute atomic E-state index is 0.0384. The number of likely N-dealkylation sites (tertiary alicyclic amines) is 1. The molecule has 0 bridgehead atoms. The van der Waals surface area contributed by atoms with Gasteiger partial charge in [0.15, 0.2) is 0 Å². The van der Waals surface area contributed by atoms with E-state index in [2.05, 4.69) is 34.5 Å². The molecule has 2 heterocycles. The van der Waals surface area contributed by atoms with Crippen molar-refractivity contribution in [3.05, 3.63) is 71.0 Å². The highest BCUT2D eigenvalue weighted by molar-refractivity contribution is 7.88. The summed E-state index contributed by atoms with van der Waals surface area (Å²) < 4.78 is 40.7. The summed E-state index contributed by atoms with van der Waals surface area (Å²) >= 11 is 0. The molecule has 34 heavy (non-hydrogen) atoms. The number of sulfonamides is 1. The second-order valence-electron chi connectivity index (χ2n) is 9.39. The van der Waals surface area contributed by atoms with Gasteiger partial charge in [0.05, 0.1) is 5.75 Å². The van der Waals surface area contributed by atoms with Gasteiger partial charge in [-0.3, -0.25) is 9.69 Å². The molecule has 2 aromatic carbocycles. The summed E-state index contributed by atoms with van der Waals surface area (Å²) in [5.41, 5.74) is 2.52. The van der Waals surface area contributed by atoms with Gasteiger partial charge in [-0.15, -0.1) is 0 Å². The molecule has 0 radical (unpaired) electrons. The van der Waals surface area contributed by atoms with E-state index in [4.69, 9.17) is 0 Å². The lowest BCUT2D eigenvalue weighted by molar-refractivity contribution is -0.126. The number of carbonyl (C=O) groups is 1. The van der Waals surface area contributed by atoms with Crippen LogP contribution in [0.4, 0.5) is 4.39 Å². The number of benzene rings is 2. The molecule has 0 aliphatic carbocycles. The molecule has 4 rings (SSSR count). The molecule has 1 amide bonds. The van der Waals surface area contributed by atoms with E-state index < -0.39 is 15.8 Å². The molecule has 1 N–H and O–H groups in total. The fourth-order valence-electron chi connectivity index (χ4n) is 4.77. The van der Waals surface area contributed by atoms with Gasteiger partial charge in [-0.05, 0) is 56.0 Å². The Morgan fingerprint density at radius 3 is 2.24 bits per heavy atom. The maximum atomic E-state index is 13.9. The average molecular weight is 488 g/mol. The Balaban J connectivity index is 1.22. The SMILES string of the molecule is O=C(NCc1ccc(CN2CCCCC2)cc1)C1CCN(S(=O)(=O)Cc2ccccc2F)CC1. The molecule has 0 saturated carbocycles. The summed E-state index contributed by atoms with van der Waals surface area (Å²) in [6.07, 6.45) is 4.83. The van der Waals surface area contributed by atoms with Gasteiger partial charge in [0.1, 0.15) is 5.82 Å². The third kappa shape index (κ3) is 6.64. The Morgan fingerprint density at radius 1 is 0.912 bits per heavy atom. The van der Waals surface area contributed by atoms with E-state index in [9.17, 15) is 17.6 Å². The van der Waals surface area contributed by atoms with Gasteiger partial charge in [0.25, 0.3) is 0 Å². The topological polar surface area (TPSA) is 69.7 Å². The van der Waals surface area contributed by atoms with Crippen molar-refractivity contribution in [2.45, 2.75) is 50.9 Å². The van der Waals surface area contributed by atoms with Crippen LogP contribution in [0.3, 0.4) is 0 Å². The quantitative estimate of drug-likeness (QED) is 0.617. The summed E-state index contributed by atoms with van der Waals surface area (Å²) in [6.45, 7) is 4.34. The molecule has 0 unspecified atom stereocenters. The zero-order valence-corrected chi connectivity index (χ0v) is 20.4. The summed E-state index contributed by atoms with van der Waals surface area (Å²) in [4.78, 5) is 15.1. The summed E-state index contributed by atoms with van der Waals surface area (Å²) in [5, 5.41) is 3.00. The van der Waals surface area contributed by atoms with Crippen LogP contribution in [0, 0.1) is 11.7 Å². The van der Waals surface area contributed by atoms with Crippen molar-refractivity contribution in [1.82, 2.24) is 14.5 Å². The van der Waals surface area contributed by atoms with E-state index in [0.717, 1.165) is 12.1 Å². The Hall–Kier alpha value is -2.29. The number of hydrogen-bond donors (Lipinski definition) is 1. The van der Waals surface area contributed by atoms with Crippen molar-refractivity contribution >= 4 is 15.9 Å². The van der Waals surface area contributed by atoms with E-state index in [1.807, 2.05) is 0 Å². The third-order valence-electron chi connectivity index (χ3n) is 6.86. The minimum atomic E-state index is -3.62. The van der Waals surface area contributed by atoms with Crippen LogP contribution in [0.1, 0.15) is 48.8 Å². The summed E-state index contributed by atoms with van der Waals surface area (Å²) in [7, 11) is -3.62. The highest BCUT2D eigenvalue weighted by Crippen LogP contribution is 2.23. The van der Waals surface area contributed by atoms with Crippen LogP contribution in [0.2, 0.25) is 0 Å². The van der Waals surface area contributed by atoms with E-state index in [-0.39, 0.29) is 36.2 Å². The second kappa shape index (κ2) is 11.4. The highest BCUT2D eigenvalue weighted by atomic mass is 32.2. The predicted octanol–water partition coefficient (Wildman–Crippen LogP) is 3.67. The van der Waals surface area contributed by atoms with E-state index in [1.165, 1.54) is 54.4 Å². The normalized spacial score (nSPS) is 18.6. The van der Waals surface area contributed by atoms with E-state index in [1.54, 1.807) is 12.1 Å². The van der Waals surface area contributed by atoms with Crippen molar-refractivity contribution in [3.63, 3.8) is 0 Å². The number of rotatable bonds is 8. The van der Waals surface area contributed by atoms with Crippen LogP contribution in [-0.2, 0) is 33.7 Å². The van der Waals surface area contributed by atoms with Crippen molar-refractivity contribution in [2.24, 2.45) is 5.92 Å². The van der Waals surface area contributed by atoms with Crippen molar-refractivity contribution in [1.29, 1.82) is 0 Å². The van der Waals surface area contributed by atoms with Gasteiger partial charge in [0.2, 0.25) is 15.9 Å². The third-order valence-corrected chi connectivity index (χ3v) is 8.69. The summed E-state index contributed by atoms with van der Waals surface area (Å²) in [5.74, 6) is -1.12. The highest BCUT2D eigenvalue weighted by Gasteiger charge is 2.31. The van der Waals surface area contributed by atoms with Gasteiger partial charge in [0, 0.05) is 37.7 Å². The number of halogens is 1. The van der Waals surface area contributed by atoms with Crippen molar-refractivity contribution in [2.75, 3.05) is 26.2 Å². The zero-order valence-electron chi connectivity index (χ0n) is 19.6. The number of carbonyl (C=O) groups excluding carboxylic acids is 1. The van der Waals surface area contributed by atoms with Crippen molar-refractivity contribution in [3.8, 4) is 0 Å². The first-order chi connectivity index (χ1) is 16.4. The second-order valence-corrected chi connectivity index (χ2v) is 11.4. The Labute approximate surface area is 202 Å². The zero-order chi connectivity index (χ0) is 24.0. The minimum Gasteiger partial charge on any atom is -0.352 e. The number of nitrogens with zero attached hydrogens (tertiary/aromatic N) is 2. The van der Waals surface area contributed by atoms with Crippen LogP contribution >= 0.6 is 0 Å². The molecule has 2 fully saturated rings. The van der Waals surface area contributed by atoms with Gasteiger partial charge in [-0.2, -0.15) is 0 Å². The molecule has 6 nitrogen and oxygen atoms in total. The van der Waals surface area contributed by atoms with Gasteiger partial charge in [-0.1, -0.05) is 48.9 Å². The van der Waals surface area contributed by atoms with Crippen LogP contribution in [0.15, 0.2) is 48.5 Å². The maximum absolute atomic E-state index is 13.9. The standard InChI is InChI=1S/C26H34FN3O3S/c27-25-7-3-2-6-24(25)20-34(32,33)30-16-12-23(13-17-30)26(31)28-18-21-8-10-22(11-9-21)19-29-14-4-1-5-15-29/h2-3,6-11,23H,1,4-5,12-20H2,(H,28,31). The van der Waals surface area contributed by atoms with Gasteiger partial charge >= 0.3 is 0 Å². The molecule has 184 valence electrons. The lowest BCUT2D eigenvalue weighted by atomic mass is 9.97. The van der Waals surface area contributed by atoms with Crippen LogP contribution in [-0.4, -0.2) is 49.7 Å². The number of hydrogen-bond acceptors (Lipinski definition) is 4. The number of piperidine rings is 2. The fraction of sp³-hybridized carbons (Fsp3) is 0.500. The molecule has 2 aliphatic rings. The smallest absolute Gasteiger partial charge is 0.223 e. The molecule has 8 heteroatoms. The van der Waals surface area contributed by atoms with Crippen LogP contribution in [0.25, 0.3) is 0 Å². The van der Waals surface area contributed by atoms with E-state index >= 15 is 0 Å². The molecule has 0 spiro atoms. The molecule has 0 aromatic heterocycles. The fourth-order valence-corrected chi connectivity index (χ4v) is 6.35. The Kier molecular flexibility index (Phi) is 8.34. The van der Waals surface area contributed by atoms with Gasteiger partial charge < -0.3 is 5.32 Å². The first-order valence-corrected chi connectivity index (χ1v) is 13.8. The molecule has 2 aromatic rings. The summed E-state index contributed by atoms with van der Waals surface area (Å²) in [6, 6.07) is 14.3. The van der Waals surface area contributed by atoms with Crippen molar-refractivity contribution < 1.29 is 17.6 Å². The molecule has 2 saturated heterocycles. The predicted molar refractivity (Wildman–Crippen MR) is 131 cm³/mol. The molecule has 2 aliphatic heterocycles. The largest absolute Gasteiger partial charge is 0.352 e. The molecular weight excluding hydrogens is 453 g/mol. The average Bonchev–Trinajstić information content (AvgIpc) is 2.85. The lowest BCUT2D eigenvalue weighted by Crippen LogP contribution is -2.43.